The van der Waals surface area contributed by atoms with Gasteiger partial charge in [-0.15, -0.1) is 0 Å². The minimum Gasteiger partial charge on any atom is -0.366 e. The summed E-state index contributed by atoms with van der Waals surface area (Å²) in [6.45, 7) is 0.975. The van der Waals surface area contributed by atoms with Gasteiger partial charge in [-0.25, -0.2) is 0 Å². The topological polar surface area (TPSA) is 70.1 Å². The summed E-state index contributed by atoms with van der Waals surface area (Å²) in [4.78, 5) is 29.9. The van der Waals surface area contributed by atoms with Crippen molar-refractivity contribution in [1.82, 2.24) is 9.55 Å². The molecule has 2 aliphatic heterocycles. The molecule has 1 atom stereocenters. The summed E-state index contributed by atoms with van der Waals surface area (Å²) in [7, 11) is 1.77. The van der Waals surface area contributed by atoms with Crippen molar-refractivity contribution in [1.29, 1.82) is 0 Å². The van der Waals surface area contributed by atoms with Crippen LogP contribution in [0.15, 0.2) is 41.5 Å². The molecule has 132 valence electrons. The van der Waals surface area contributed by atoms with Crippen molar-refractivity contribution in [3.8, 4) is 11.1 Å². The highest BCUT2D eigenvalue weighted by molar-refractivity contribution is 6.00. The van der Waals surface area contributed by atoms with Gasteiger partial charge in [0.2, 0.25) is 5.91 Å². The van der Waals surface area contributed by atoms with E-state index >= 15 is 0 Å². The van der Waals surface area contributed by atoms with Crippen LogP contribution in [0.4, 0.5) is 11.4 Å². The SMILES string of the molecule is Cn1cc(-c2ccc3c(c2)N2CCCC2CC(=O)N3)c2cc[nH]c2c1=O. The average Bonchev–Trinajstić information content (AvgIpc) is 3.26. The summed E-state index contributed by atoms with van der Waals surface area (Å²) in [5, 5.41) is 3.96. The van der Waals surface area contributed by atoms with Gasteiger partial charge in [0.1, 0.15) is 5.52 Å². The second-order valence-electron chi connectivity index (χ2n) is 7.20. The second-order valence-corrected chi connectivity index (χ2v) is 7.20. The van der Waals surface area contributed by atoms with E-state index in [1.54, 1.807) is 17.8 Å². The Morgan fingerprint density at radius 2 is 2.08 bits per heavy atom. The fraction of sp³-hybridized carbons (Fsp3) is 0.300. The summed E-state index contributed by atoms with van der Waals surface area (Å²) in [5.41, 5.74) is 4.59. The van der Waals surface area contributed by atoms with Gasteiger partial charge in [-0.1, -0.05) is 6.07 Å². The maximum atomic E-state index is 12.3. The van der Waals surface area contributed by atoms with Gasteiger partial charge in [-0.3, -0.25) is 9.59 Å². The number of benzene rings is 1. The van der Waals surface area contributed by atoms with Crippen LogP contribution in [0.25, 0.3) is 22.0 Å². The number of hydrogen-bond donors (Lipinski definition) is 2. The minimum absolute atomic E-state index is 0.0321. The monoisotopic (exact) mass is 348 g/mol. The van der Waals surface area contributed by atoms with Crippen molar-refractivity contribution in [2.45, 2.75) is 25.3 Å². The number of carbonyl (C=O) groups is 1. The van der Waals surface area contributed by atoms with Crippen LogP contribution >= 0.6 is 0 Å². The molecule has 3 aromatic rings. The van der Waals surface area contributed by atoms with E-state index in [0.717, 1.165) is 47.3 Å². The lowest BCUT2D eigenvalue weighted by atomic mass is 10.0. The Hall–Kier alpha value is -3.02. The molecule has 5 rings (SSSR count). The predicted molar refractivity (Wildman–Crippen MR) is 103 cm³/mol. The molecule has 1 amide bonds. The van der Waals surface area contributed by atoms with E-state index in [9.17, 15) is 9.59 Å². The largest absolute Gasteiger partial charge is 0.366 e. The molecule has 0 radical (unpaired) electrons. The fourth-order valence-electron chi connectivity index (χ4n) is 4.32. The molecule has 6 nitrogen and oxygen atoms in total. The standard InChI is InChI=1S/C20H20N4O2/c1-23-11-15(14-6-7-21-19(14)20(23)26)12-4-5-16-17(9-12)24-8-2-3-13(24)10-18(25)22-16/h4-7,9,11,13,21H,2-3,8,10H2,1H3,(H,22,25). The molecular weight excluding hydrogens is 328 g/mol. The number of amides is 1. The lowest BCUT2D eigenvalue weighted by molar-refractivity contribution is -0.116. The Balaban J connectivity index is 1.71. The Morgan fingerprint density at radius 1 is 1.19 bits per heavy atom. The number of fused-ring (bicyclic) bond motifs is 4. The van der Waals surface area contributed by atoms with Crippen LogP contribution in [0.3, 0.4) is 0 Å². The van der Waals surface area contributed by atoms with Crippen LogP contribution in [0.2, 0.25) is 0 Å². The molecule has 1 saturated heterocycles. The van der Waals surface area contributed by atoms with Gasteiger partial charge in [0.25, 0.3) is 5.56 Å². The van der Waals surface area contributed by atoms with Gasteiger partial charge in [-0.05, 0) is 36.6 Å². The first kappa shape index (κ1) is 15.3. The van der Waals surface area contributed by atoms with Crippen molar-refractivity contribution in [2.24, 2.45) is 7.05 Å². The zero-order valence-corrected chi connectivity index (χ0v) is 14.6. The van der Waals surface area contributed by atoms with Gasteiger partial charge in [0.15, 0.2) is 0 Å². The molecule has 2 aliphatic rings. The zero-order valence-electron chi connectivity index (χ0n) is 14.6. The predicted octanol–water partition coefficient (Wildman–Crippen LogP) is 2.84. The summed E-state index contributed by atoms with van der Waals surface area (Å²) >= 11 is 0. The minimum atomic E-state index is -0.0321. The van der Waals surface area contributed by atoms with Crippen molar-refractivity contribution in [3.63, 3.8) is 0 Å². The molecule has 1 fully saturated rings. The number of rotatable bonds is 1. The number of H-pyrrole nitrogens is 1. The van der Waals surface area contributed by atoms with Crippen molar-refractivity contribution >= 4 is 28.2 Å². The lowest BCUT2D eigenvalue weighted by Crippen LogP contribution is -2.29. The smallest absolute Gasteiger partial charge is 0.274 e. The Kier molecular flexibility index (Phi) is 3.22. The van der Waals surface area contributed by atoms with Crippen molar-refractivity contribution in [2.75, 3.05) is 16.8 Å². The lowest BCUT2D eigenvalue weighted by Gasteiger charge is -2.25. The number of aromatic nitrogens is 2. The molecule has 2 N–H and O–H groups in total. The van der Waals surface area contributed by atoms with Gasteiger partial charge in [-0.2, -0.15) is 0 Å². The van der Waals surface area contributed by atoms with E-state index in [2.05, 4.69) is 21.3 Å². The third-order valence-corrected chi connectivity index (χ3v) is 5.58. The molecule has 26 heavy (non-hydrogen) atoms. The van der Waals surface area contributed by atoms with Crippen LogP contribution in [0, 0.1) is 0 Å². The summed E-state index contributed by atoms with van der Waals surface area (Å²) in [6, 6.07) is 8.36. The summed E-state index contributed by atoms with van der Waals surface area (Å²) in [5.74, 6) is 0.0866. The second kappa shape index (κ2) is 5.49. The number of hydrogen-bond acceptors (Lipinski definition) is 3. The number of aromatic amines is 1. The highest BCUT2D eigenvalue weighted by Gasteiger charge is 2.31. The third kappa shape index (κ3) is 2.18. The Bertz CT molecular complexity index is 1090. The Labute approximate surface area is 150 Å². The molecule has 2 aromatic heterocycles. The number of anilines is 2. The maximum Gasteiger partial charge on any atom is 0.274 e. The number of nitrogens with zero attached hydrogens (tertiary/aromatic N) is 2. The van der Waals surface area contributed by atoms with E-state index in [0.29, 0.717) is 11.9 Å². The molecule has 6 heteroatoms. The van der Waals surface area contributed by atoms with E-state index in [-0.39, 0.29) is 17.5 Å². The maximum absolute atomic E-state index is 12.3. The van der Waals surface area contributed by atoms with Crippen LogP contribution in [-0.2, 0) is 11.8 Å². The van der Waals surface area contributed by atoms with E-state index in [4.69, 9.17) is 0 Å². The average molecular weight is 348 g/mol. The van der Waals surface area contributed by atoms with E-state index in [1.165, 1.54) is 0 Å². The number of aryl methyl sites for hydroxylation is 1. The van der Waals surface area contributed by atoms with Crippen LogP contribution in [-0.4, -0.2) is 28.0 Å². The molecule has 1 unspecified atom stereocenters. The van der Waals surface area contributed by atoms with E-state index in [1.807, 2.05) is 24.4 Å². The molecule has 0 saturated carbocycles. The molecule has 0 aliphatic carbocycles. The van der Waals surface area contributed by atoms with Crippen LogP contribution < -0.4 is 15.8 Å². The molecular formula is C20H20N4O2. The van der Waals surface area contributed by atoms with Crippen molar-refractivity contribution in [3.05, 3.63) is 47.0 Å². The highest BCUT2D eigenvalue weighted by Crippen LogP contribution is 2.39. The quantitative estimate of drug-likeness (QED) is 0.710. The normalized spacial score (nSPS) is 19.2. The first-order valence-electron chi connectivity index (χ1n) is 8.99. The van der Waals surface area contributed by atoms with Gasteiger partial charge < -0.3 is 19.8 Å². The number of carbonyl (C=O) groups excluding carboxylic acids is 1. The first-order valence-corrected chi connectivity index (χ1v) is 8.99. The summed E-state index contributed by atoms with van der Waals surface area (Å²) < 4.78 is 1.61. The van der Waals surface area contributed by atoms with E-state index < -0.39 is 0 Å². The van der Waals surface area contributed by atoms with Gasteiger partial charge >= 0.3 is 0 Å². The van der Waals surface area contributed by atoms with Crippen LogP contribution in [0.5, 0.6) is 0 Å². The van der Waals surface area contributed by atoms with Gasteiger partial charge in [0.05, 0.1) is 11.4 Å². The number of pyridine rings is 1. The zero-order chi connectivity index (χ0) is 17.8. The van der Waals surface area contributed by atoms with Crippen LogP contribution in [0.1, 0.15) is 19.3 Å². The molecule has 4 heterocycles. The third-order valence-electron chi connectivity index (χ3n) is 5.58. The highest BCUT2D eigenvalue weighted by atomic mass is 16.1. The summed E-state index contributed by atoms with van der Waals surface area (Å²) in [6.07, 6.45) is 6.40. The Morgan fingerprint density at radius 3 is 2.96 bits per heavy atom. The molecule has 1 aromatic carbocycles. The molecule has 0 spiro atoms. The number of nitrogens with one attached hydrogen (secondary N) is 2. The molecule has 0 bridgehead atoms. The first-order chi connectivity index (χ1) is 12.6. The van der Waals surface area contributed by atoms with Crippen molar-refractivity contribution < 1.29 is 4.79 Å². The fourth-order valence-corrected chi connectivity index (χ4v) is 4.32. The van der Waals surface area contributed by atoms with Gasteiger partial charge in [0, 0.05) is 49.4 Å².